The fourth-order valence-electron chi connectivity index (χ4n) is 10.6. The highest BCUT2D eigenvalue weighted by Crippen LogP contribution is 2.54. The number of amides is 4. The molecule has 4 aliphatic carbocycles. The number of carbonyl (C=O) groups is 4. The Morgan fingerprint density at radius 2 is 1.75 bits per heavy atom. The second-order valence-corrected chi connectivity index (χ2v) is 21.0. The van der Waals surface area contributed by atoms with Crippen molar-refractivity contribution >= 4 is 44.6 Å². The molecule has 3 heterocycles. The smallest absolute Gasteiger partial charge is 0.408 e. The van der Waals surface area contributed by atoms with Gasteiger partial charge in [0.2, 0.25) is 27.7 Å². The van der Waals surface area contributed by atoms with Crippen LogP contribution < -0.4 is 24.2 Å². The number of allylic oxidation sites excluding steroid dienone is 1. The van der Waals surface area contributed by atoms with Gasteiger partial charge in [-0.3, -0.25) is 24.0 Å². The maximum Gasteiger partial charge on any atom is 0.408 e. The van der Waals surface area contributed by atoms with Crippen LogP contribution in [0.2, 0.25) is 0 Å². The summed E-state index contributed by atoms with van der Waals surface area (Å²) in [4.78, 5) is 65.3. The molecule has 10 atom stereocenters. The second-order valence-electron chi connectivity index (χ2n) is 19.0. The lowest BCUT2D eigenvalue weighted by molar-refractivity contribution is -0.145. The van der Waals surface area contributed by atoms with Crippen LogP contribution in [0.1, 0.15) is 78.1 Å². The number of nitrogens with one attached hydrogen (secondary N) is 2. The van der Waals surface area contributed by atoms with Crippen LogP contribution in [0.15, 0.2) is 54.6 Å². The van der Waals surface area contributed by atoms with E-state index in [0.717, 1.165) is 12.8 Å². The number of benzene rings is 2. The first-order valence-electron chi connectivity index (χ1n) is 22.4. The van der Waals surface area contributed by atoms with E-state index in [4.69, 9.17) is 19.2 Å². The van der Waals surface area contributed by atoms with Crippen LogP contribution in [0.4, 0.5) is 9.18 Å². The van der Waals surface area contributed by atoms with E-state index in [-0.39, 0.29) is 43.0 Å². The summed E-state index contributed by atoms with van der Waals surface area (Å²) in [5.41, 5.74) is -0.778. The number of hydrogen-bond donors (Lipinski definition) is 3. The fourth-order valence-corrected chi connectivity index (χ4v) is 12.0. The first-order chi connectivity index (χ1) is 30.6. The molecule has 6 aliphatic rings. The number of carboxylic acid groups (broad SMARTS) is 1. The summed E-state index contributed by atoms with van der Waals surface area (Å²) >= 11 is 0. The van der Waals surface area contributed by atoms with Crippen molar-refractivity contribution in [3.63, 3.8) is 0 Å². The molecule has 9 rings (SSSR count). The van der Waals surface area contributed by atoms with Gasteiger partial charge in [0.15, 0.2) is 11.6 Å². The molecule has 3 N–H and O–H groups in total. The van der Waals surface area contributed by atoms with Crippen molar-refractivity contribution in [2.45, 2.75) is 113 Å². The van der Waals surface area contributed by atoms with Crippen LogP contribution in [0.3, 0.4) is 0 Å². The van der Waals surface area contributed by atoms with Gasteiger partial charge < -0.3 is 29.5 Å². The van der Waals surface area contributed by atoms with Crippen molar-refractivity contribution in [2.24, 2.45) is 29.6 Å². The molecule has 64 heavy (non-hydrogen) atoms. The molecule has 2 aliphatic heterocycles. The van der Waals surface area contributed by atoms with E-state index >= 15 is 9.18 Å². The monoisotopic (exact) mass is 901 g/mol. The fraction of sp³-hybridized carbons (Fsp3) is 0.553. The Hall–Kier alpha value is -5.45. The van der Waals surface area contributed by atoms with Gasteiger partial charge in [0.05, 0.1) is 31.7 Å². The van der Waals surface area contributed by atoms with Gasteiger partial charge in [-0.05, 0) is 129 Å². The standard InChI is InChI=1S/C47H56FN5O10S/c1-25-7-5-6-8-31-23-47(31,45(56)51-64(59,60)35-11-12-35)50-42(54)39-22-34(24-52(39)44(55)41(26(2)15-25)53(46(57)58)32-17-28-16-29(28)18-32)63-43-36-13-10-33(61-3)19-30(36)21-38(49-43)27-9-14-40(62-4)37(48)20-27/h6,8-10,13-14,19-21,25-26,28-29,31-32,34-35,39,41H,5,7,11-12,15-18,22-24H2,1-4H3,(H,50,54)(H,51,56)(H,57,58)/b8-6-/t25-,26+,28-,29?,31+,32+,34+,39-,41-,47+/m0/s1. The summed E-state index contributed by atoms with van der Waals surface area (Å²) in [6.07, 6.45) is 7.05. The molecule has 5 fully saturated rings. The Kier molecular flexibility index (Phi) is 11.5. The second kappa shape index (κ2) is 16.8. The number of nitrogens with zero attached hydrogens (tertiary/aromatic N) is 3. The molecule has 1 aromatic heterocycles. The van der Waals surface area contributed by atoms with E-state index in [2.05, 4.69) is 17.0 Å². The van der Waals surface area contributed by atoms with Gasteiger partial charge in [0, 0.05) is 29.3 Å². The van der Waals surface area contributed by atoms with E-state index in [9.17, 15) is 27.9 Å². The normalized spacial score (nSPS) is 31.9. The van der Waals surface area contributed by atoms with Crippen molar-refractivity contribution in [1.29, 1.82) is 0 Å². The van der Waals surface area contributed by atoms with Gasteiger partial charge in [0.1, 0.15) is 29.5 Å². The van der Waals surface area contributed by atoms with Crippen molar-refractivity contribution < 1.29 is 51.3 Å². The molecule has 0 bridgehead atoms. The van der Waals surface area contributed by atoms with Crippen LogP contribution in [0.25, 0.3) is 22.0 Å². The third-order valence-corrected chi connectivity index (χ3v) is 16.3. The number of sulfonamides is 1. The first kappa shape index (κ1) is 43.8. The highest BCUT2D eigenvalue weighted by molar-refractivity contribution is 7.91. The first-order valence-corrected chi connectivity index (χ1v) is 24.0. The molecule has 342 valence electrons. The molecular formula is C47H56FN5O10S. The molecular weight excluding hydrogens is 846 g/mol. The van der Waals surface area contributed by atoms with E-state index in [1.807, 2.05) is 19.1 Å². The molecule has 4 saturated carbocycles. The Morgan fingerprint density at radius 1 is 0.984 bits per heavy atom. The number of aromatic nitrogens is 1. The van der Waals surface area contributed by atoms with Crippen LogP contribution in [-0.2, 0) is 24.4 Å². The van der Waals surface area contributed by atoms with E-state index in [0.29, 0.717) is 78.1 Å². The largest absolute Gasteiger partial charge is 0.497 e. The minimum absolute atomic E-state index is 0.0605. The third kappa shape index (κ3) is 8.47. The van der Waals surface area contributed by atoms with E-state index in [1.165, 1.54) is 36.2 Å². The van der Waals surface area contributed by atoms with E-state index in [1.54, 1.807) is 30.3 Å². The number of rotatable bonds is 10. The van der Waals surface area contributed by atoms with Crippen molar-refractivity contribution in [3.8, 4) is 28.6 Å². The molecule has 2 aromatic carbocycles. The zero-order valence-electron chi connectivity index (χ0n) is 36.5. The Morgan fingerprint density at radius 3 is 2.44 bits per heavy atom. The summed E-state index contributed by atoms with van der Waals surface area (Å²) < 4.78 is 60.7. The van der Waals surface area contributed by atoms with Crippen molar-refractivity contribution in [2.75, 3.05) is 20.8 Å². The van der Waals surface area contributed by atoms with Crippen molar-refractivity contribution in [3.05, 3.63) is 60.4 Å². The summed E-state index contributed by atoms with van der Waals surface area (Å²) in [7, 11) is -1.05. The number of pyridine rings is 1. The number of carbonyl (C=O) groups excluding carboxylic acids is 3. The SMILES string of the molecule is COc1ccc2c(O[C@@H]3C[C@H]4C(=O)N[C@]5(C(=O)NS(=O)(=O)C6CC6)C[C@H]5/C=C\CC[C@H](C)C[C@@H](C)[C@H](N(C(=O)O)[C@H]5CC6C[C@H]6C5)C(=O)N4C3)nc(-c3ccc(OC)c(F)c3)cc2c1. The lowest BCUT2D eigenvalue weighted by atomic mass is 9.86. The molecule has 15 nitrogen and oxygen atoms in total. The Balaban J connectivity index is 1.10. The molecule has 0 radical (unpaired) electrons. The minimum Gasteiger partial charge on any atom is -0.497 e. The molecule has 1 unspecified atom stereocenters. The van der Waals surface area contributed by atoms with Crippen LogP contribution in [0, 0.1) is 35.4 Å². The number of fused-ring (bicyclic) bond motifs is 4. The predicted molar refractivity (Wildman–Crippen MR) is 233 cm³/mol. The lowest BCUT2D eigenvalue weighted by Gasteiger charge is -2.40. The number of halogens is 1. The van der Waals surface area contributed by atoms with Gasteiger partial charge >= 0.3 is 6.09 Å². The summed E-state index contributed by atoms with van der Waals surface area (Å²) in [6.45, 7) is 3.86. The quantitative estimate of drug-likeness (QED) is 0.201. The third-order valence-electron chi connectivity index (χ3n) is 14.4. The average Bonchev–Trinajstić information content (AvgIpc) is 4.22. The van der Waals surface area contributed by atoms with Crippen LogP contribution in [0.5, 0.6) is 17.4 Å². The van der Waals surface area contributed by atoms with Gasteiger partial charge in [-0.15, -0.1) is 0 Å². The van der Waals surface area contributed by atoms with Crippen LogP contribution >= 0.6 is 0 Å². The Labute approximate surface area is 372 Å². The minimum atomic E-state index is -3.96. The maximum absolute atomic E-state index is 15.4. The lowest BCUT2D eigenvalue weighted by Crippen LogP contribution is -2.61. The maximum atomic E-state index is 15.4. The van der Waals surface area contributed by atoms with Crippen molar-refractivity contribution in [1.82, 2.24) is 24.8 Å². The zero-order chi connectivity index (χ0) is 45.2. The van der Waals surface area contributed by atoms with Gasteiger partial charge in [-0.1, -0.05) is 26.0 Å². The average molecular weight is 902 g/mol. The number of hydrogen-bond acceptors (Lipinski definition) is 10. The van der Waals surface area contributed by atoms with E-state index < -0.39 is 80.5 Å². The topological polar surface area (TPSA) is 194 Å². The van der Waals surface area contributed by atoms with Gasteiger partial charge in [-0.2, -0.15) is 0 Å². The molecule has 0 spiro atoms. The summed E-state index contributed by atoms with van der Waals surface area (Å²) in [5.74, 6) is -1.83. The zero-order valence-corrected chi connectivity index (χ0v) is 37.3. The highest BCUT2D eigenvalue weighted by Gasteiger charge is 2.62. The summed E-state index contributed by atoms with van der Waals surface area (Å²) in [6, 6.07) is 8.84. The highest BCUT2D eigenvalue weighted by atomic mass is 32.2. The molecule has 17 heteroatoms. The predicted octanol–water partition coefficient (Wildman–Crippen LogP) is 6.05. The van der Waals surface area contributed by atoms with Crippen LogP contribution in [-0.4, -0.2) is 108 Å². The van der Waals surface area contributed by atoms with Gasteiger partial charge in [-0.25, -0.2) is 22.6 Å². The molecule has 1 saturated heterocycles. The summed E-state index contributed by atoms with van der Waals surface area (Å²) in [5, 5.41) is 14.4. The molecule has 3 aromatic rings. The van der Waals surface area contributed by atoms with Gasteiger partial charge in [0.25, 0.3) is 5.91 Å². The number of ether oxygens (including phenoxy) is 3. The number of methoxy groups -OCH3 is 2. The molecule has 4 amide bonds. The Bertz CT molecular complexity index is 2510.